The summed E-state index contributed by atoms with van der Waals surface area (Å²) in [6.07, 6.45) is 2.02. The van der Waals surface area contributed by atoms with Crippen LogP contribution in [0.2, 0.25) is 0 Å². The van der Waals surface area contributed by atoms with Gasteiger partial charge in [-0.1, -0.05) is 15.9 Å². The molecule has 0 aromatic heterocycles. The Morgan fingerprint density at radius 2 is 1.75 bits per heavy atom. The van der Waals surface area contributed by atoms with Crippen molar-refractivity contribution in [2.75, 3.05) is 13.7 Å². The van der Waals surface area contributed by atoms with Gasteiger partial charge in [-0.05, 0) is 24.3 Å². The maximum absolute atomic E-state index is 11.8. The number of carbonyl (C=O) groups is 4. The molecule has 0 aliphatic carbocycles. The van der Waals surface area contributed by atoms with Gasteiger partial charge < -0.3 is 19.0 Å². The Labute approximate surface area is 146 Å². The smallest absolute Gasteiger partial charge is 0.331 e. The molecule has 1 unspecified atom stereocenters. The van der Waals surface area contributed by atoms with Crippen LogP contribution in [0.4, 0.5) is 0 Å². The highest BCUT2D eigenvalue weighted by molar-refractivity contribution is 9.10. The number of rotatable bonds is 8. The van der Waals surface area contributed by atoms with Crippen molar-refractivity contribution in [3.63, 3.8) is 0 Å². The average molecular weight is 399 g/mol. The number of aldehydes is 1. The molecule has 1 atom stereocenters. The Morgan fingerprint density at radius 3 is 2.33 bits per heavy atom. The number of benzene rings is 1. The SMILES string of the molecule is COC(=O)C=CC(=O)OCC(C=O)CC(=O)Oc1ccc(Br)cc1. The summed E-state index contributed by atoms with van der Waals surface area (Å²) < 4.78 is 15.0. The largest absolute Gasteiger partial charge is 0.466 e. The van der Waals surface area contributed by atoms with Crippen LogP contribution < -0.4 is 4.74 Å². The number of methoxy groups -OCH3 is 1. The van der Waals surface area contributed by atoms with Gasteiger partial charge in [-0.25, -0.2) is 9.59 Å². The van der Waals surface area contributed by atoms with Crippen molar-refractivity contribution in [3.8, 4) is 5.75 Å². The lowest BCUT2D eigenvalue weighted by Crippen LogP contribution is -2.20. The van der Waals surface area contributed by atoms with Gasteiger partial charge in [-0.2, -0.15) is 0 Å². The summed E-state index contributed by atoms with van der Waals surface area (Å²) in [5.41, 5.74) is 0. The Kier molecular flexibility index (Phi) is 8.42. The molecular weight excluding hydrogens is 384 g/mol. The zero-order valence-electron chi connectivity index (χ0n) is 12.8. The summed E-state index contributed by atoms with van der Waals surface area (Å²) in [7, 11) is 1.16. The van der Waals surface area contributed by atoms with E-state index in [1.165, 1.54) is 0 Å². The summed E-state index contributed by atoms with van der Waals surface area (Å²) >= 11 is 3.25. The predicted molar refractivity (Wildman–Crippen MR) is 86.1 cm³/mol. The number of carbonyl (C=O) groups excluding carboxylic acids is 4. The predicted octanol–water partition coefficient (Wildman–Crippen LogP) is 1.83. The van der Waals surface area contributed by atoms with E-state index < -0.39 is 23.8 Å². The number of halogens is 1. The first-order valence-electron chi connectivity index (χ1n) is 6.79. The molecule has 1 rings (SSSR count). The van der Waals surface area contributed by atoms with Gasteiger partial charge in [0.2, 0.25) is 0 Å². The first-order chi connectivity index (χ1) is 11.4. The van der Waals surface area contributed by atoms with E-state index in [4.69, 9.17) is 9.47 Å². The Hall–Kier alpha value is -2.48. The lowest BCUT2D eigenvalue weighted by atomic mass is 10.1. The van der Waals surface area contributed by atoms with Gasteiger partial charge in [0.1, 0.15) is 18.6 Å². The Balaban J connectivity index is 2.43. The molecule has 1 aromatic rings. The normalized spacial score (nSPS) is 11.6. The van der Waals surface area contributed by atoms with E-state index >= 15 is 0 Å². The van der Waals surface area contributed by atoms with Gasteiger partial charge in [0.05, 0.1) is 19.4 Å². The van der Waals surface area contributed by atoms with Crippen molar-refractivity contribution in [1.82, 2.24) is 0 Å². The summed E-state index contributed by atoms with van der Waals surface area (Å²) in [6, 6.07) is 6.59. The monoisotopic (exact) mass is 398 g/mol. The van der Waals surface area contributed by atoms with Gasteiger partial charge in [0.15, 0.2) is 0 Å². The van der Waals surface area contributed by atoms with E-state index in [1.54, 1.807) is 24.3 Å². The van der Waals surface area contributed by atoms with Crippen molar-refractivity contribution in [2.45, 2.75) is 6.42 Å². The van der Waals surface area contributed by atoms with E-state index in [0.29, 0.717) is 12.0 Å². The molecule has 0 bridgehead atoms. The zero-order valence-corrected chi connectivity index (χ0v) is 14.4. The average Bonchev–Trinajstić information content (AvgIpc) is 2.58. The third kappa shape index (κ3) is 7.68. The molecule has 0 N–H and O–H groups in total. The van der Waals surface area contributed by atoms with Crippen LogP contribution in [0.3, 0.4) is 0 Å². The zero-order chi connectivity index (χ0) is 17.9. The van der Waals surface area contributed by atoms with E-state index in [9.17, 15) is 19.2 Å². The van der Waals surface area contributed by atoms with Gasteiger partial charge in [-0.3, -0.25) is 4.79 Å². The van der Waals surface area contributed by atoms with Crippen LogP contribution in [0.1, 0.15) is 6.42 Å². The van der Waals surface area contributed by atoms with Crippen molar-refractivity contribution >= 4 is 40.1 Å². The summed E-state index contributed by atoms with van der Waals surface area (Å²) in [6.45, 7) is -0.302. The number of esters is 3. The molecule has 0 saturated heterocycles. The van der Waals surface area contributed by atoms with E-state index in [1.807, 2.05) is 0 Å². The molecule has 7 nitrogen and oxygen atoms in total. The topological polar surface area (TPSA) is 96.0 Å². The first-order valence-corrected chi connectivity index (χ1v) is 7.58. The van der Waals surface area contributed by atoms with Crippen LogP contribution in [-0.4, -0.2) is 37.9 Å². The molecular formula is C16H15BrO7. The second kappa shape index (κ2) is 10.3. The fraction of sp³-hybridized carbons (Fsp3) is 0.250. The minimum absolute atomic E-state index is 0.243. The lowest BCUT2D eigenvalue weighted by Gasteiger charge is -2.10. The molecule has 0 radical (unpaired) electrons. The standard InChI is InChI=1S/C16H15BrO7/c1-22-14(19)6-7-15(20)23-10-11(9-18)8-16(21)24-13-4-2-12(17)3-5-13/h2-7,9,11H,8,10H2,1H3. The summed E-state index contributed by atoms with van der Waals surface area (Å²) in [4.78, 5) is 44.9. The maximum atomic E-state index is 11.8. The highest BCUT2D eigenvalue weighted by Crippen LogP contribution is 2.17. The molecule has 0 saturated carbocycles. The van der Waals surface area contributed by atoms with Crippen LogP contribution in [0, 0.1) is 5.92 Å². The van der Waals surface area contributed by atoms with Crippen LogP contribution in [0.25, 0.3) is 0 Å². The van der Waals surface area contributed by atoms with Gasteiger partial charge in [-0.15, -0.1) is 0 Å². The van der Waals surface area contributed by atoms with E-state index in [2.05, 4.69) is 20.7 Å². The van der Waals surface area contributed by atoms with Crippen molar-refractivity contribution in [3.05, 3.63) is 40.9 Å². The molecule has 24 heavy (non-hydrogen) atoms. The van der Waals surface area contributed by atoms with Gasteiger partial charge in [0.25, 0.3) is 0 Å². The van der Waals surface area contributed by atoms with Crippen LogP contribution in [-0.2, 0) is 28.7 Å². The second-order valence-electron chi connectivity index (χ2n) is 4.51. The molecule has 0 amide bonds. The molecule has 8 heteroatoms. The molecule has 0 aliphatic heterocycles. The Morgan fingerprint density at radius 1 is 1.12 bits per heavy atom. The number of ether oxygens (including phenoxy) is 3. The molecule has 0 fully saturated rings. The third-order valence-corrected chi connectivity index (χ3v) is 3.19. The van der Waals surface area contributed by atoms with Crippen molar-refractivity contribution in [1.29, 1.82) is 0 Å². The van der Waals surface area contributed by atoms with Gasteiger partial charge >= 0.3 is 17.9 Å². The Bertz CT molecular complexity index is 622. The minimum atomic E-state index is -0.844. The number of hydrogen-bond acceptors (Lipinski definition) is 7. The first kappa shape index (κ1) is 19.6. The molecule has 0 aliphatic rings. The quantitative estimate of drug-likeness (QED) is 0.285. The second-order valence-corrected chi connectivity index (χ2v) is 5.43. The van der Waals surface area contributed by atoms with Gasteiger partial charge in [0, 0.05) is 16.6 Å². The maximum Gasteiger partial charge on any atom is 0.331 e. The molecule has 0 heterocycles. The van der Waals surface area contributed by atoms with Crippen LogP contribution in [0.15, 0.2) is 40.9 Å². The van der Waals surface area contributed by atoms with E-state index in [0.717, 1.165) is 23.7 Å². The van der Waals surface area contributed by atoms with Crippen molar-refractivity contribution < 1.29 is 33.4 Å². The summed E-state index contributed by atoms with van der Waals surface area (Å²) in [5, 5.41) is 0. The van der Waals surface area contributed by atoms with Crippen LogP contribution >= 0.6 is 15.9 Å². The lowest BCUT2D eigenvalue weighted by molar-refractivity contribution is -0.144. The molecule has 1 aromatic carbocycles. The molecule has 0 spiro atoms. The summed E-state index contributed by atoms with van der Waals surface area (Å²) in [5.74, 6) is -2.67. The van der Waals surface area contributed by atoms with Crippen molar-refractivity contribution in [2.24, 2.45) is 5.92 Å². The fourth-order valence-electron chi connectivity index (χ4n) is 1.48. The number of hydrogen-bond donors (Lipinski definition) is 0. The fourth-order valence-corrected chi connectivity index (χ4v) is 1.74. The third-order valence-electron chi connectivity index (χ3n) is 2.66. The van der Waals surface area contributed by atoms with Crippen LogP contribution in [0.5, 0.6) is 5.75 Å². The highest BCUT2D eigenvalue weighted by Gasteiger charge is 2.17. The minimum Gasteiger partial charge on any atom is -0.466 e. The molecule has 128 valence electrons. The highest BCUT2D eigenvalue weighted by atomic mass is 79.9. The van der Waals surface area contributed by atoms with E-state index in [-0.39, 0.29) is 13.0 Å².